The summed E-state index contributed by atoms with van der Waals surface area (Å²) in [5.74, 6) is -20.9. The van der Waals surface area contributed by atoms with Crippen molar-refractivity contribution >= 4 is 95.1 Å². The highest BCUT2D eigenvalue weighted by atomic mass is 16.4. The second kappa shape index (κ2) is 47.1. The molecule has 0 spiro atoms. The Morgan fingerprint density at radius 3 is 1.14 bits per heavy atom. The van der Waals surface area contributed by atoms with Crippen molar-refractivity contribution in [3.63, 3.8) is 0 Å². The first kappa shape index (κ1) is 90.8. The van der Waals surface area contributed by atoms with Crippen molar-refractivity contribution in [2.75, 3.05) is 137 Å². The molecule has 0 radical (unpaired) electrons. The number of aromatic amines is 1. The molecule has 1 aromatic carbocycles. The van der Waals surface area contributed by atoms with Crippen molar-refractivity contribution in [1.29, 1.82) is 0 Å². The Labute approximate surface area is 603 Å². The minimum Gasteiger partial charge on any atom is -0.480 e. The lowest BCUT2D eigenvalue weighted by molar-refractivity contribution is -0.147. The molecule has 0 saturated carbocycles. The van der Waals surface area contributed by atoms with Gasteiger partial charge in [0.25, 0.3) is 0 Å². The quantitative estimate of drug-likeness (QED) is 0.0295. The number of carbonyl (C=O) groups excluding carboxylic acids is 6. The number of aromatic nitrogens is 2. The van der Waals surface area contributed by atoms with Crippen molar-refractivity contribution in [2.24, 2.45) is 17.8 Å². The largest absolute Gasteiger partial charge is 0.480 e. The van der Waals surface area contributed by atoms with Gasteiger partial charge in [0.2, 0.25) is 35.4 Å². The Kier molecular flexibility index (Phi) is 40.7. The van der Waals surface area contributed by atoms with E-state index in [9.17, 15) is 128 Å². The molecule has 0 saturated heterocycles. The maximum atomic E-state index is 14.3. The summed E-state index contributed by atoms with van der Waals surface area (Å²) in [4.78, 5) is 216. The minimum atomic E-state index is -1.82. The summed E-state index contributed by atoms with van der Waals surface area (Å²) in [6.45, 7) is -4.22. The standard InChI is InChI=1S/C64H99N15O26/c1-7-39(4)59(72-60(101)41(6)40(5)45-23-65-37-70-45)64(105)71-44(20-38(2)3)61(102)69-22-43-10-8-42(9-11-43)21-68-48(80)26-73(14-12-66-62(103)46(78(33-55(93)94)34-56(95)96)24-74(27-49(81)82)16-18-76(29-51(85)86)30-52(87)88)15-13-67-63(104)47(79(35-57(97)98)36-58(99)100)25-75(28-50(83)84)17-19-77(31-53(89)90)32-54(91)92/h8-11,23,37-41,44,46-47,59H,7,12-22,24-36H2,1-6H3,(H,65,70)(H,66,103)(H,67,104)(H,68,80)(H,69,102)(H,71,105)(H,72,101)(H,81,82)(H,83,84)(H,85,86)(H,87,88)(H,89,90)(H,91,92)(H,93,94)(H,95,96)(H,97,98)(H,99,100)/t39?,40-,41?,44?,46-,47-,59+/m1/s1. The number of rotatable bonds is 57. The van der Waals surface area contributed by atoms with Crippen molar-refractivity contribution in [3.8, 4) is 0 Å². The Morgan fingerprint density at radius 1 is 0.419 bits per heavy atom. The van der Waals surface area contributed by atoms with Gasteiger partial charge in [-0.2, -0.15) is 0 Å². The Bertz CT molecular complexity index is 3070. The smallest absolute Gasteiger partial charge is 0.317 e. The molecule has 0 aliphatic carbocycles. The molecule has 7 atom stereocenters. The first-order valence-corrected chi connectivity index (χ1v) is 33.3. The summed E-state index contributed by atoms with van der Waals surface area (Å²) in [5, 5.41) is 113. The normalized spacial score (nSPS) is 13.5. The lowest BCUT2D eigenvalue weighted by Gasteiger charge is -2.33. The third kappa shape index (κ3) is 37.6. The lowest BCUT2D eigenvalue weighted by atomic mass is 9.91. The van der Waals surface area contributed by atoms with Crippen LogP contribution in [0.1, 0.15) is 77.1 Å². The molecule has 1 heterocycles. The van der Waals surface area contributed by atoms with Crippen molar-refractivity contribution in [3.05, 3.63) is 53.6 Å². The van der Waals surface area contributed by atoms with Crippen molar-refractivity contribution in [2.45, 2.75) is 97.6 Å². The van der Waals surface area contributed by atoms with E-state index in [2.05, 4.69) is 41.9 Å². The molecule has 586 valence electrons. The Morgan fingerprint density at radius 2 is 0.790 bits per heavy atom. The fourth-order valence-corrected chi connectivity index (χ4v) is 10.8. The highest BCUT2D eigenvalue weighted by Crippen LogP contribution is 2.23. The van der Waals surface area contributed by atoms with E-state index in [4.69, 9.17) is 0 Å². The zero-order chi connectivity index (χ0) is 79.2. The van der Waals surface area contributed by atoms with Gasteiger partial charge in [-0.3, -0.25) is 111 Å². The second-order valence-electron chi connectivity index (χ2n) is 25.5. The van der Waals surface area contributed by atoms with E-state index in [1.54, 1.807) is 37.4 Å². The van der Waals surface area contributed by atoms with E-state index < -0.39 is 244 Å². The average Bonchev–Trinajstić information content (AvgIpc) is 1.56. The van der Waals surface area contributed by atoms with Crippen LogP contribution in [0.25, 0.3) is 0 Å². The molecular weight excluding hydrogens is 1390 g/mol. The average molecular weight is 1490 g/mol. The highest BCUT2D eigenvalue weighted by Gasteiger charge is 2.36. The van der Waals surface area contributed by atoms with Gasteiger partial charge >= 0.3 is 59.7 Å². The van der Waals surface area contributed by atoms with Gasteiger partial charge in [0.1, 0.15) is 24.2 Å². The summed E-state index contributed by atoms with van der Waals surface area (Å²) < 4.78 is 0. The molecule has 0 fully saturated rings. The number of carboxylic acids is 10. The first-order valence-electron chi connectivity index (χ1n) is 33.3. The molecule has 3 unspecified atom stereocenters. The molecule has 0 aliphatic rings. The van der Waals surface area contributed by atoms with Gasteiger partial charge in [-0.05, 0) is 29.4 Å². The van der Waals surface area contributed by atoms with Crippen LogP contribution < -0.4 is 31.9 Å². The lowest BCUT2D eigenvalue weighted by Crippen LogP contribution is -2.57. The number of carbonyl (C=O) groups is 16. The van der Waals surface area contributed by atoms with Gasteiger partial charge in [-0.1, -0.05) is 72.2 Å². The number of amides is 6. The van der Waals surface area contributed by atoms with E-state index in [1.807, 2.05) is 34.6 Å². The number of nitrogens with one attached hydrogen (secondary N) is 7. The molecular formula is C64H99N15O26. The predicted octanol–water partition coefficient (Wildman–Crippen LogP) is -4.93. The molecule has 2 rings (SSSR count). The fraction of sp³-hybridized carbons (Fsp3) is 0.609. The van der Waals surface area contributed by atoms with E-state index in [-0.39, 0.29) is 56.3 Å². The van der Waals surface area contributed by atoms with Gasteiger partial charge < -0.3 is 87.9 Å². The first-order chi connectivity index (χ1) is 49.3. The van der Waals surface area contributed by atoms with Gasteiger partial charge in [-0.15, -0.1) is 0 Å². The summed E-state index contributed by atoms with van der Waals surface area (Å²) in [6, 6.07) is 0.965. The van der Waals surface area contributed by atoms with Crippen LogP contribution >= 0.6 is 0 Å². The molecule has 105 heavy (non-hydrogen) atoms. The van der Waals surface area contributed by atoms with E-state index >= 15 is 0 Å². The number of hydrogen-bond acceptors (Lipinski definition) is 24. The van der Waals surface area contributed by atoms with Gasteiger partial charge in [0, 0.05) is 102 Å². The van der Waals surface area contributed by atoms with E-state index in [0.717, 1.165) is 25.3 Å². The fourth-order valence-electron chi connectivity index (χ4n) is 10.8. The number of carboxylic acid groups (broad SMARTS) is 10. The SMILES string of the molecule is CCC(C)[C@H](NC(=O)C(C)[C@@H](C)c1cnc[nH]1)C(=O)NC(CC(C)C)C(=O)NCc1ccc(CNC(=O)CN(CCNC(=O)[C@@H](CN(CCN(CC(=O)O)CC(=O)O)CC(=O)O)N(CC(=O)O)CC(=O)O)CCNC(=O)[C@@H](CN(CCN(CC(=O)O)CC(=O)O)CC(=O)O)N(CC(=O)O)CC(=O)O)cc1. The van der Waals surface area contributed by atoms with Crippen LogP contribution in [0.4, 0.5) is 0 Å². The minimum absolute atomic E-state index is 0.00660. The molecule has 41 nitrogen and oxygen atoms in total. The van der Waals surface area contributed by atoms with Crippen molar-refractivity contribution in [1.82, 2.24) is 76.2 Å². The van der Waals surface area contributed by atoms with Crippen LogP contribution in [0.2, 0.25) is 0 Å². The number of benzene rings is 1. The second-order valence-corrected chi connectivity index (χ2v) is 25.5. The van der Waals surface area contributed by atoms with Crippen LogP contribution in [0.3, 0.4) is 0 Å². The van der Waals surface area contributed by atoms with Gasteiger partial charge in [0.15, 0.2) is 0 Å². The van der Waals surface area contributed by atoms with Crippen LogP contribution in [0.15, 0.2) is 36.8 Å². The zero-order valence-electron chi connectivity index (χ0n) is 59.3. The van der Waals surface area contributed by atoms with E-state index in [1.165, 1.54) is 11.2 Å². The van der Waals surface area contributed by atoms with Crippen LogP contribution in [0.5, 0.6) is 0 Å². The number of imidazole rings is 1. The van der Waals surface area contributed by atoms with E-state index in [0.29, 0.717) is 27.3 Å². The number of aliphatic carboxylic acids is 10. The van der Waals surface area contributed by atoms with Crippen molar-refractivity contribution < 1.29 is 128 Å². The Hall–Kier alpha value is -10.3. The summed E-state index contributed by atoms with van der Waals surface area (Å²) in [5.41, 5.74) is 1.86. The highest BCUT2D eigenvalue weighted by molar-refractivity contribution is 5.93. The molecule has 17 N–H and O–H groups in total. The van der Waals surface area contributed by atoms with Crippen LogP contribution in [-0.2, 0) is 89.8 Å². The van der Waals surface area contributed by atoms with Gasteiger partial charge in [0.05, 0.1) is 78.3 Å². The predicted molar refractivity (Wildman–Crippen MR) is 364 cm³/mol. The molecule has 6 amide bonds. The topological polar surface area (TPSA) is 599 Å². The number of H-pyrrole nitrogens is 1. The third-order valence-electron chi connectivity index (χ3n) is 16.4. The maximum absolute atomic E-state index is 14.3. The van der Waals surface area contributed by atoms with Gasteiger partial charge in [-0.25, -0.2) is 4.98 Å². The summed E-state index contributed by atoms with van der Waals surface area (Å²) in [6.07, 6.45) is 3.90. The maximum Gasteiger partial charge on any atom is 0.317 e. The van der Waals surface area contributed by atoms with Crippen LogP contribution in [0, 0.1) is 17.8 Å². The zero-order valence-corrected chi connectivity index (χ0v) is 59.3. The molecule has 0 bridgehead atoms. The molecule has 1 aromatic heterocycles. The Balaban J connectivity index is 2.54. The monoisotopic (exact) mass is 1490 g/mol. The summed E-state index contributed by atoms with van der Waals surface area (Å²) >= 11 is 0. The summed E-state index contributed by atoms with van der Waals surface area (Å²) in [7, 11) is 0. The molecule has 2 aromatic rings. The van der Waals surface area contributed by atoms with Crippen LogP contribution in [-0.4, -0.2) is 352 Å². The number of hydrogen-bond donors (Lipinski definition) is 17. The molecule has 41 heteroatoms. The third-order valence-corrected chi connectivity index (χ3v) is 16.4. The molecule has 0 aliphatic heterocycles. The number of nitrogens with zero attached hydrogens (tertiary/aromatic N) is 8.